The van der Waals surface area contributed by atoms with Crippen LogP contribution in [0, 0.1) is 23.6 Å². The van der Waals surface area contributed by atoms with Crippen LogP contribution >= 0.6 is 15.9 Å². The van der Waals surface area contributed by atoms with Gasteiger partial charge in [0.15, 0.2) is 0 Å². The first-order valence-electron chi connectivity index (χ1n) is 6.25. The summed E-state index contributed by atoms with van der Waals surface area (Å²) in [5.74, 6) is 2.01. The maximum absolute atomic E-state index is 13.1. The second kappa shape index (κ2) is 4.36. The molecule has 92 valence electrons. The first-order valence-corrected chi connectivity index (χ1v) is 7.05. The quantitative estimate of drug-likeness (QED) is 0.905. The molecular formula is C14H16BrFO. The van der Waals surface area contributed by atoms with E-state index in [2.05, 4.69) is 15.9 Å². The van der Waals surface area contributed by atoms with Crippen LogP contribution in [0.1, 0.15) is 24.8 Å². The lowest BCUT2D eigenvalue weighted by Gasteiger charge is -2.19. The Bertz CT molecular complexity index is 424. The number of aliphatic hydroxyl groups excluding tert-OH is 1. The van der Waals surface area contributed by atoms with Gasteiger partial charge in [0.2, 0.25) is 0 Å². The lowest BCUT2D eigenvalue weighted by atomic mass is 9.92. The predicted molar refractivity (Wildman–Crippen MR) is 68.1 cm³/mol. The Labute approximate surface area is 109 Å². The van der Waals surface area contributed by atoms with Crippen molar-refractivity contribution in [3.05, 3.63) is 34.1 Å². The van der Waals surface area contributed by atoms with Crippen LogP contribution in [0.2, 0.25) is 0 Å². The van der Waals surface area contributed by atoms with E-state index >= 15 is 0 Å². The van der Waals surface area contributed by atoms with Gasteiger partial charge in [0.05, 0.1) is 10.6 Å². The Morgan fingerprint density at radius 2 is 2.00 bits per heavy atom. The van der Waals surface area contributed by atoms with E-state index in [4.69, 9.17) is 0 Å². The zero-order chi connectivity index (χ0) is 12.0. The minimum absolute atomic E-state index is 0.245. The van der Waals surface area contributed by atoms with E-state index in [0.29, 0.717) is 16.8 Å². The maximum Gasteiger partial charge on any atom is 0.137 e. The molecule has 3 rings (SSSR count). The molecule has 0 amide bonds. The van der Waals surface area contributed by atoms with E-state index in [0.717, 1.165) is 17.4 Å². The second-order valence-corrected chi connectivity index (χ2v) is 6.36. The van der Waals surface area contributed by atoms with Gasteiger partial charge in [-0.3, -0.25) is 0 Å². The van der Waals surface area contributed by atoms with Crippen LogP contribution in [0.25, 0.3) is 0 Å². The molecule has 0 bridgehead atoms. The smallest absolute Gasteiger partial charge is 0.137 e. The molecule has 3 unspecified atom stereocenters. The zero-order valence-corrected chi connectivity index (χ0v) is 11.2. The van der Waals surface area contributed by atoms with Crippen LogP contribution in [0.3, 0.4) is 0 Å². The van der Waals surface area contributed by atoms with Crippen molar-refractivity contribution in [1.29, 1.82) is 0 Å². The molecule has 0 aromatic heterocycles. The molecule has 17 heavy (non-hydrogen) atoms. The molecule has 0 spiro atoms. The number of hydrogen-bond donors (Lipinski definition) is 1. The number of hydrogen-bond acceptors (Lipinski definition) is 1. The molecular weight excluding hydrogens is 283 g/mol. The summed E-state index contributed by atoms with van der Waals surface area (Å²) in [7, 11) is 0. The summed E-state index contributed by atoms with van der Waals surface area (Å²) in [6.45, 7) is 0. The molecule has 1 N–H and O–H groups in total. The summed E-state index contributed by atoms with van der Waals surface area (Å²) in [4.78, 5) is 0. The molecule has 3 heteroatoms. The highest BCUT2D eigenvalue weighted by atomic mass is 79.9. The fraction of sp³-hybridized carbons (Fsp3) is 0.571. The van der Waals surface area contributed by atoms with Gasteiger partial charge in [-0.2, -0.15) is 0 Å². The van der Waals surface area contributed by atoms with Gasteiger partial charge in [0.25, 0.3) is 0 Å². The highest BCUT2D eigenvalue weighted by molar-refractivity contribution is 9.10. The van der Waals surface area contributed by atoms with Crippen molar-refractivity contribution >= 4 is 15.9 Å². The van der Waals surface area contributed by atoms with Gasteiger partial charge < -0.3 is 5.11 Å². The summed E-state index contributed by atoms with van der Waals surface area (Å²) in [5.41, 5.74) is 1.01. The van der Waals surface area contributed by atoms with E-state index in [-0.39, 0.29) is 11.9 Å². The van der Waals surface area contributed by atoms with E-state index in [9.17, 15) is 9.50 Å². The summed E-state index contributed by atoms with van der Waals surface area (Å²) >= 11 is 3.18. The lowest BCUT2D eigenvalue weighted by Crippen LogP contribution is -2.21. The molecule has 2 saturated carbocycles. The lowest BCUT2D eigenvalue weighted by molar-refractivity contribution is 0.104. The molecule has 0 heterocycles. The number of aliphatic hydroxyl groups is 1. The Kier molecular flexibility index (Phi) is 2.99. The first kappa shape index (κ1) is 11.7. The summed E-state index contributed by atoms with van der Waals surface area (Å²) in [6, 6.07) is 4.99. The summed E-state index contributed by atoms with van der Waals surface area (Å²) < 4.78 is 13.6. The molecule has 0 aliphatic heterocycles. The van der Waals surface area contributed by atoms with Gasteiger partial charge in [-0.15, -0.1) is 0 Å². The average Bonchev–Trinajstić information content (AvgIpc) is 2.91. The van der Waals surface area contributed by atoms with Gasteiger partial charge in [-0.05, 0) is 77.1 Å². The minimum Gasteiger partial charge on any atom is -0.392 e. The highest BCUT2D eigenvalue weighted by Crippen LogP contribution is 2.55. The molecule has 2 fully saturated rings. The Morgan fingerprint density at radius 1 is 1.29 bits per heavy atom. The molecule has 1 nitrogen and oxygen atoms in total. The summed E-state index contributed by atoms with van der Waals surface area (Å²) in [6.07, 6.45) is 4.14. The standard InChI is InChI=1S/C14H16BrFO/c15-12-3-8(1-2-13(12)16)4-14(17)11-6-9-5-10(9)7-11/h1-3,9-11,14,17H,4-7H2. The fourth-order valence-corrected chi connectivity index (χ4v) is 3.58. The van der Waals surface area contributed by atoms with E-state index < -0.39 is 0 Å². The fourth-order valence-electron chi connectivity index (χ4n) is 3.15. The highest BCUT2D eigenvalue weighted by Gasteiger charge is 2.47. The average molecular weight is 299 g/mol. The molecule has 0 saturated heterocycles. The van der Waals surface area contributed by atoms with E-state index in [1.807, 2.05) is 0 Å². The Morgan fingerprint density at radius 3 is 2.65 bits per heavy atom. The zero-order valence-electron chi connectivity index (χ0n) is 9.57. The largest absolute Gasteiger partial charge is 0.392 e. The van der Waals surface area contributed by atoms with Gasteiger partial charge in [-0.1, -0.05) is 6.07 Å². The Hall–Kier alpha value is -0.410. The van der Waals surface area contributed by atoms with E-state index in [1.54, 1.807) is 12.1 Å². The van der Waals surface area contributed by atoms with Crippen LogP contribution in [-0.4, -0.2) is 11.2 Å². The van der Waals surface area contributed by atoms with Crippen LogP contribution in [0.15, 0.2) is 22.7 Å². The maximum atomic E-state index is 13.1. The SMILES string of the molecule is OC(Cc1ccc(F)c(Br)c1)C1CC2CC2C1. The third-order valence-corrected chi connectivity index (χ3v) is 4.86. The van der Waals surface area contributed by atoms with E-state index in [1.165, 1.54) is 25.3 Å². The van der Waals surface area contributed by atoms with Crippen LogP contribution in [0.4, 0.5) is 4.39 Å². The van der Waals surface area contributed by atoms with Crippen LogP contribution in [-0.2, 0) is 6.42 Å². The summed E-state index contributed by atoms with van der Waals surface area (Å²) in [5, 5.41) is 10.2. The van der Waals surface area contributed by atoms with Gasteiger partial charge in [0, 0.05) is 0 Å². The first-order chi connectivity index (χ1) is 8.13. The Balaban J connectivity index is 1.63. The van der Waals surface area contributed by atoms with Crippen LogP contribution < -0.4 is 0 Å². The van der Waals surface area contributed by atoms with Gasteiger partial charge in [0.1, 0.15) is 5.82 Å². The number of halogens is 2. The van der Waals surface area contributed by atoms with Crippen molar-refractivity contribution in [1.82, 2.24) is 0 Å². The minimum atomic E-state index is -0.264. The van der Waals surface area contributed by atoms with Crippen molar-refractivity contribution in [3.63, 3.8) is 0 Å². The normalized spacial score (nSPS) is 32.3. The van der Waals surface area contributed by atoms with Crippen molar-refractivity contribution in [2.45, 2.75) is 31.8 Å². The van der Waals surface area contributed by atoms with Crippen molar-refractivity contribution in [3.8, 4) is 0 Å². The molecule has 2 aliphatic rings. The van der Waals surface area contributed by atoms with Gasteiger partial charge >= 0.3 is 0 Å². The monoisotopic (exact) mass is 298 g/mol. The molecule has 1 aromatic carbocycles. The van der Waals surface area contributed by atoms with Crippen molar-refractivity contribution in [2.24, 2.45) is 17.8 Å². The number of benzene rings is 1. The van der Waals surface area contributed by atoms with Crippen molar-refractivity contribution < 1.29 is 9.50 Å². The van der Waals surface area contributed by atoms with Crippen molar-refractivity contribution in [2.75, 3.05) is 0 Å². The third-order valence-electron chi connectivity index (χ3n) is 4.25. The molecule has 1 aromatic rings. The van der Waals surface area contributed by atoms with Crippen LogP contribution in [0.5, 0.6) is 0 Å². The predicted octanol–water partition coefficient (Wildman–Crippen LogP) is 3.54. The second-order valence-electron chi connectivity index (χ2n) is 5.51. The topological polar surface area (TPSA) is 20.2 Å². The molecule has 2 aliphatic carbocycles. The molecule has 0 radical (unpaired) electrons. The van der Waals surface area contributed by atoms with Gasteiger partial charge in [-0.25, -0.2) is 4.39 Å². The number of fused-ring (bicyclic) bond motifs is 1. The molecule has 3 atom stereocenters. The third kappa shape index (κ3) is 2.41. The number of rotatable bonds is 3.